The third kappa shape index (κ3) is 4.66. The van der Waals surface area contributed by atoms with E-state index in [2.05, 4.69) is 5.32 Å². The molecule has 1 aromatic carbocycles. The van der Waals surface area contributed by atoms with Crippen molar-refractivity contribution < 1.29 is 13.9 Å². The van der Waals surface area contributed by atoms with Gasteiger partial charge in [-0.1, -0.05) is 12.1 Å². The molecule has 2 aliphatic rings. The number of carbonyl (C=O) groups excluding carboxylic acids is 1. The molecular formula is C17H24ClFN2O2. The number of carbonyl (C=O) groups is 1. The Labute approximate surface area is 142 Å². The Balaban J connectivity index is 0.00000192. The Morgan fingerprint density at radius 2 is 2.30 bits per heavy atom. The second-order valence-electron chi connectivity index (χ2n) is 6.13. The van der Waals surface area contributed by atoms with E-state index in [9.17, 15) is 9.18 Å². The van der Waals surface area contributed by atoms with Crippen molar-refractivity contribution >= 4 is 18.3 Å². The summed E-state index contributed by atoms with van der Waals surface area (Å²) in [7, 11) is 0. The zero-order chi connectivity index (χ0) is 15.4. The third-order valence-electron chi connectivity index (χ3n) is 4.59. The lowest BCUT2D eigenvalue weighted by atomic mass is 9.99. The SMILES string of the molecule is Cl.O=C(CCC1CCOC1)N1CCNCC1c1cccc(F)c1. The fraction of sp³-hybridized carbons (Fsp3) is 0.588. The lowest BCUT2D eigenvalue weighted by molar-refractivity contribution is -0.134. The van der Waals surface area contributed by atoms with Crippen molar-refractivity contribution in [3.05, 3.63) is 35.6 Å². The molecular weight excluding hydrogens is 319 g/mol. The highest BCUT2D eigenvalue weighted by Crippen LogP contribution is 2.25. The molecule has 0 radical (unpaired) electrons. The van der Waals surface area contributed by atoms with Gasteiger partial charge in [-0.25, -0.2) is 4.39 Å². The normalized spacial score (nSPS) is 24.3. The smallest absolute Gasteiger partial charge is 0.223 e. The van der Waals surface area contributed by atoms with Crippen LogP contribution in [0, 0.1) is 11.7 Å². The van der Waals surface area contributed by atoms with E-state index >= 15 is 0 Å². The van der Waals surface area contributed by atoms with Gasteiger partial charge in [-0.3, -0.25) is 4.79 Å². The van der Waals surface area contributed by atoms with Crippen LogP contribution in [-0.2, 0) is 9.53 Å². The van der Waals surface area contributed by atoms with Crippen molar-refractivity contribution in [2.24, 2.45) is 5.92 Å². The molecule has 2 aliphatic heterocycles. The molecule has 3 rings (SSSR count). The first kappa shape index (κ1) is 18.2. The first-order chi connectivity index (χ1) is 10.7. The molecule has 0 bridgehead atoms. The predicted octanol–water partition coefficient (Wildman–Crippen LogP) is 2.54. The average Bonchev–Trinajstić information content (AvgIpc) is 3.06. The van der Waals surface area contributed by atoms with Crippen LogP contribution in [0.15, 0.2) is 24.3 Å². The topological polar surface area (TPSA) is 41.6 Å². The molecule has 0 aliphatic carbocycles. The Bertz CT molecular complexity index is 523. The molecule has 0 aromatic heterocycles. The number of ether oxygens (including phenoxy) is 1. The second-order valence-corrected chi connectivity index (χ2v) is 6.13. The van der Waals surface area contributed by atoms with Gasteiger partial charge in [0.2, 0.25) is 5.91 Å². The van der Waals surface area contributed by atoms with E-state index in [-0.39, 0.29) is 30.2 Å². The van der Waals surface area contributed by atoms with Gasteiger partial charge in [-0.05, 0) is 36.5 Å². The van der Waals surface area contributed by atoms with E-state index in [1.807, 2.05) is 11.0 Å². The van der Waals surface area contributed by atoms with Crippen LogP contribution < -0.4 is 5.32 Å². The summed E-state index contributed by atoms with van der Waals surface area (Å²) in [5.41, 5.74) is 0.866. The fourth-order valence-corrected chi connectivity index (χ4v) is 3.30. The quantitative estimate of drug-likeness (QED) is 0.914. The zero-order valence-electron chi connectivity index (χ0n) is 13.2. The van der Waals surface area contributed by atoms with Crippen LogP contribution in [0.1, 0.15) is 30.9 Å². The number of hydrogen-bond donors (Lipinski definition) is 1. The predicted molar refractivity (Wildman–Crippen MR) is 89.1 cm³/mol. The number of halogens is 2. The first-order valence-electron chi connectivity index (χ1n) is 8.07. The van der Waals surface area contributed by atoms with Crippen molar-refractivity contribution in [2.45, 2.75) is 25.3 Å². The van der Waals surface area contributed by atoms with Crippen molar-refractivity contribution in [2.75, 3.05) is 32.8 Å². The highest BCUT2D eigenvalue weighted by molar-refractivity contribution is 5.85. The van der Waals surface area contributed by atoms with Gasteiger partial charge in [-0.2, -0.15) is 0 Å². The molecule has 2 saturated heterocycles. The van der Waals surface area contributed by atoms with Crippen LogP contribution in [0.3, 0.4) is 0 Å². The highest BCUT2D eigenvalue weighted by Gasteiger charge is 2.28. The Morgan fingerprint density at radius 1 is 1.43 bits per heavy atom. The summed E-state index contributed by atoms with van der Waals surface area (Å²) in [4.78, 5) is 14.5. The van der Waals surface area contributed by atoms with Crippen LogP contribution in [0.2, 0.25) is 0 Å². The molecule has 4 nitrogen and oxygen atoms in total. The summed E-state index contributed by atoms with van der Waals surface area (Å²) in [6, 6.07) is 6.50. The van der Waals surface area contributed by atoms with E-state index in [0.717, 1.165) is 38.2 Å². The summed E-state index contributed by atoms with van der Waals surface area (Å²) in [5.74, 6) is 0.431. The van der Waals surface area contributed by atoms with Crippen molar-refractivity contribution in [1.29, 1.82) is 0 Å². The van der Waals surface area contributed by atoms with Gasteiger partial charge in [0.25, 0.3) is 0 Å². The molecule has 0 saturated carbocycles. The first-order valence-corrected chi connectivity index (χ1v) is 8.07. The molecule has 6 heteroatoms. The van der Waals surface area contributed by atoms with E-state index in [0.29, 0.717) is 25.4 Å². The van der Waals surface area contributed by atoms with Crippen LogP contribution in [0.4, 0.5) is 4.39 Å². The molecule has 2 heterocycles. The van der Waals surface area contributed by atoms with Gasteiger partial charge in [0.15, 0.2) is 0 Å². The molecule has 0 spiro atoms. The molecule has 1 N–H and O–H groups in total. The number of nitrogens with zero attached hydrogens (tertiary/aromatic N) is 1. The summed E-state index contributed by atoms with van der Waals surface area (Å²) < 4.78 is 18.8. The standard InChI is InChI=1S/C17H23FN2O2.ClH/c18-15-3-1-2-14(10-15)16-11-19-7-8-20(16)17(21)5-4-13-6-9-22-12-13;/h1-3,10,13,16,19H,4-9,11-12H2;1H. The Kier molecular flexibility index (Phi) is 6.81. The molecule has 23 heavy (non-hydrogen) atoms. The van der Waals surface area contributed by atoms with Gasteiger partial charge < -0.3 is 15.0 Å². The maximum absolute atomic E-state index is 13.5. The lowest BCUT2D eigenvalue weighted by Gasteiger charge is -2.37. The van der Waals surface area contributed by atoms with Crippen molar-refractivity contribution in [3.8, 4) is 0 Å². The minimum absolute atomic E-state index is 0. The van der Waals surface area contributed by atoms with E-state index in [1.165, 1.54) is 12.1 Å². The zero-order valence-corrected chi connectivity index (χ0v) is 14.0. The third-order valence-corrected chi connectivity index (χ3v) is 4.59. The molecule has 2 fully saturated rings. The van der Waals surface area contributed by atoms with E-state index in [1.54, 1.807) is 6.07 Å². The summed E-state index contributed by atoms with van der Waals surface area (Å²) in [6.45, 7) is 3.76. The number of hydrogen-bond acceptors (Lipinski definition) is 3. The van der Waals surface area contributed by atoms with Gasteiger partial charge in [0.05, 0.1) is 6.04 Å². The highest BCUT2D eigenvalue weighted by atomic mass is 35.5. The minimum atomic E-state index is -0.251. The van der Waals surface area contributed by atoms with Gasteiger partial charge in [0.1, 0.15) is 5.82 Å². The van der Waals surface area contributed by atoms with Crippen LogP contribution in [0.5, 0.6) is 0 Å². The maximum atomic E-state index is 13.5. The van der Waals surface area contributed by atoms with Crippen LogP contribution >= 0.6 is 12.4 Å². The monoisotopic (exact) mass is 342 g/mol. The Morgan fingerprint density at radius 3 is 3.04 bits per heavy atom. The molecule has 2 atom stereocenters. The number of piperazine rings is 1. The molecule has 2 unspecified atom stereocenters. The van der Waals surface area contributed by atoms with Crippen LogP contribution in [-0.4, -0.2) is 43.7 Å². The Hall–Kier alpha value is -1.17. The van der Waals surface area contributed by atoms with Crippen molar-refractivity contribution in [3.63, 3.8) is 0 Å². The number of amides is 1. The average molecular weight is 343 g/mol. The molecule has 1 amide bonds. The largest absolute Gasteiger partial charge is 0.381 e. The van der Waals surface area contributed by atoms with Crippen molar-refractivity contribution in [1.82, 2.24) is 10.2 Å². The molecule has 128 valence electrons. The maximum Gasteiger partial charge on any atom is 0.223 e. The minimum Gasteiger partial charge on any atom is -0.381 e. The van der Waals surface area contributed by atoms with E-state index < -0.39 is 0 Å². The summed E-state index contributed by atoms with van der Waals surface area (Å²) in [6.07, 6.45) is 2.50. The summed E-state index contributed by atoms with van der Waals surface area (Å²) in [5, 5.41) is 3.30. The lowest BCUT2D eigenvalue weighted by Crippen LogP contribution is -2.48. The van der Waals surface area contributed by atoms with Crippen LogP contribution in [0.25, 0.3) is 0 Å². The van der Waals surface area contributed by atoms with Gasteiger partial charge in [-0.15, -0.1) is 12.4 Å². The fourth-order valence-electron chi connectivity index (χ4n) is 3.30. The second kappa shape index (κ2) is 8.62. The number of nitrogens with one attached hydrogen (secondary N) is 1. The van der Waals surface area contributed by atoms with Gasteiger partial charge in [0, 0.05) is 39.3 Å². The molecule has 1 aromatic rings. The van der Waals surface area contributed by atoms with Gasteiger partial charge >= 0.3 is 0 Å². The number of benzene rings is 1. The summed E-state index contributed by atoms with van der Waals surface area (Å²) >= 11 is 0. The number of rotatable bonds is 4. The van der Waals surface area contributed by atoms with E-state index in [4.69, 9.17) is 4.74 Å².